The second kappa shape index (κ2) is 9.05. The highest BCUT2D eigenvalue weighted by Crippen LogP contribution is 2.24. The van der Waals surface area contributed by atoms with Crippen LogP contribution in [0.2, 0.25) is 0 Å². The molecule has 0 aliphatic heterocycles. The van der Waals surface area contributed by atoms with Gasteiger partial charge in [0, 0.05) is 17.0 Å². The summed E-state index contributed by atoms with van der Waals surface area (Å²) < 4.78 is 17.9. The smallest absolute Gasteiger partial charge is 0.331 e. The van der Waals surface area contributed by atoms with Crippen molar-refractivity contribution >= 4 is 34.4 Å². The molecule has 3 aromatic rings. The summed E-state index contributed by atoms with van der Waals surface area (Å²) in [4.78, 5) is 28.4. The van der Waals surface area contributed by atoms with E-state index in [1.807, 2.05) is 35.7 Å². The maximum atomic E-state index is 12.9. The quantitative estimate of drug-likeness (QED) is 0.491. The number of hydrogen-bond acceptors (Lipinski definition) is 5. The van der Waals surface area contributed by atoms with Crippen molar-refractivity contribution < 1.29 is 18.7 Å². The summed E-state index contributed by atoms with van der Waals surface area (Å²) in [6.45, 7) is 1.48. The molecule has 0 unspecified atom stereocenters. The number of ether oxygens (including phenoxy) is 1. The van der Waals surface area contributed by atoms with Gasteiger partial charge >= 0.3 is 5.97 Å². The summed E-state index contributed by atoms with van der Waals surface area (Å²) in [5.74, 6) is -1.50. The molecular weight excluding hydrogens is 379 g/mol. The van der Waals surface area contributed by atoms with Crippen LogP contribution in [0.3, 0.4) is 0 Å². The van der Waals surface area contributed by atoms with Gasteiger partial charge < -0.3 is 4.74 Å². The van der Waals surface area contributed by atoms with Gasteiger partial charge in [-0.05, 0) is 30.7 Å². The Hall–Kier alpha value is -3.32. The average Bonchev–Trinajstić information content (AvgIpc) is 3.16. The zero-order valence-corrected chi connectivity index (χ0v) is 15.8. The fourth-order valence-corrected chi connectivity index (χ4v) is 3.01. The van der Waals surface area contributed by atoms with Crippen molar-refractivity contribution in [3.63, 3.8) is 0 Å². The van der Waals surface area contributed by atoms with E-state index in [9.17, 15) is 14.0 Å². The van der Waals surface area contributed by atoms with Crippen molar-refractivity contribution in [1.82, 2.24) is 4.98 Å². The van der Waals surface area contributed by atoms with E-state index >= 15 is 0 Å². The van der Waals surface area contributed by atoms with Crippen molar-refractivity contribution in [2.45, 2.75) is 13.0 Å². The number of hydrogen-bond donors (Lipinski definition) is 1. The van der Waals surface area contributed by atoms with Gasteiger partial charge in [0.1, 0.15) is 5.82 Å². The molecule has 0 bridgehead atoms. The first-order valence-electron chi connectivity index (χ1n) is 8.47. The van der Waals surface area contributed by atoms with Crippen LogP contribution >= 0.6 is 11.3 Å². The fraction of sp³-hybridized carbons (Fsp3) is 0.0952. The van der Waals surface area contributed by atoms with Gasteiger partial charge in [0.05, 0.1) is 5.69 Å². The highest BCUT2D eigenvalue weighted by molar-refractivity contribution is 7.14. The lowest BCUT2D eigenvalue weighted by Gasteiger charge is -2.10. The second-order valence-corrected chi connectivity index (χ2v) is 6.72. The van der Waals surface area contributed by atoms with Crippen LogP contribution < -0.4 is 5.32 Å². The molecule has 142 valence electrons. The van der Waals surface area contributed by atoms with E-state index in [1.165, 1.54) is 54.7 Å². The third kappa shape index (κ3) is 5.34. The molecule has 2 aromatic carbocycles. The van der Waals surface area contributed by atoms with Crippen molar-refractivity contribution in [2.24, 2.45) is 0 Å². The molecule has 1 amide bonds. The van der Waals surface area contributed by atoms with Crippen LogP contribution in [0.4, 0.5) is 9.52 Å². The van der Waals surface area contributed by atoms with Crippen LogP contribution in [0.15, 0.2) is 66.1 Å². The number of benzene rings is 2. The van der Waals surface area contributed by atoms with Gasteiger partial charge in [0.25, 0.3) is 5.91 Å². The number of thiazole rings is 1. The number of nitrogens with zero attached hydrogens (tertiary/aromatic N) is 1. The Morgan fingerprint density at radius 1 is 1.14 bits per heavy atom. The highest BCUT2D eigenvalue weighted by atomic mass is 32.1. The van der Waals surface area contributed by atoms with Crippen LogP contribution in [0.5, 0.6) is 0 Å². The standard InChI is InChI=1S/C21H17FN2O3S/c1-14(27-19(25)12-9-15-7-10-17(22)11-8-15)20(26)24-21-23-18(13-28-21)16-5-3-2-4-6-16/h2-14H,1H3,(H,23,24,26)/b12-9+/t14-/m1/s1. The summed E-state index contributed by atoms with van der Waals surface area (Å²) in [6.07, 6.45) is 1.68. The van der Waals surface area contributed by atoms with Crippen molar-refractivity contribution in [3.8, 4) is 11.3 Å². The lowest BCUT2D eigenvalue weighted by atomic mass is 10.2. The number of carbonyl (C=O) groups excluding carboxylic acids is 2. The number of aromatic nitrogens is 1. The molecule has 0 spiro atoms. The molecule has 28 heavy (non-hydrogen) atoms. The van der Waals surface area contributed by atoms with Crippen LogP contribution in [0.25, 0.3) is 17.3 Å². The number of amides is 1. The fourth-order valence-electron chi connectivity index (χ4n) is 2.28. The normalized spacial score (nSPS) is 11.9. The molecule has 5 nitrogen and oxygen atoms in total. The van der Waals surface area contributed by atoms with E-state index in [1.54, 1.807) is 0 Å². The average molecular weight is 396 g/mol. The Kier molecular flexibility index (Phi) is 6.29. The maximum Gasteiger partial charge on any atom is 0.331 e. The summed E-state index contributed by atoms with van der Waals surface area (Å²) >= 11 is 1.29. The van der Waals surface area contributed by atoms with E-state index < -0.39 is 18.0 Å². The van der Waals surface area contributed by atoms with E-state index in [0.29, 0.717) is 10.7 Å². The number of rotatable bonds is 6. The van der Waals surface area contributed by atoms with Gasteiger partial charge in [0.2, 0.25) is 0 Å². The molecule has 1 heterocycles. The first-order valence-corrected chi connectivity index (χ1v) is 9.35. The predicted molar refractivity (Wildman–Crippen MR) is 107 cm³/mol. The molecule has 0 fully saturated rings. The van der Waals surface area contributed by atoms with Gasteiger partial charge in [-0.15, -0.1) is 11.3 Å². The molecule has 0 saturated heterocycles. The zero-order chi connectivity index (χ0) is 19.9. The number of anilines is 1. The van der Waals surface area contributed by atoms with E-state index in [2.05, 4.69) is 10.3 Å². The van der Waals surface area contributed by atoms with Crippen molar-refractivity contribution in [1.29, 1.82) is 0 Å². The van der Waals surface area contributed by atoms with Crippen LogP contribution in [-0.2, 0) is 14.3 Å². The zero-order valence-electron chi connectivity index (χ0n) is 15.0. The number of halogens is 1. The minimum Gasteiger partial charge on any atom is -0.449 e. The lowest BCUT2D eigenvalue weighted by Crippen LogP contribution is -2.29. The molecule has 0 aliphatic carbocycles. The van der Waals surface area contributed by atoms with Crippen LogP contribution in [-0.4, -0.2) is 23.0 Å². The van der Waals surface area contributed by atoms with Gasteiger partial charge in [-0.25, -0.2) is 14.2 Å². The first kappa shape index (κ1) is 19.4. The summed E-state index contributed by atoms with van der Waals surface area (Å²) in [5, 5.41) is 4.91. The molecule has 0 aliphatic rings. The van der Waals surface area contributed by atoms with Gasteiger partial charge in [-0.1, -0.05) is 42.5 Å². The predicted octanol–water partition coefficient (Wildman–Crippen LogP) is 4.53. The van der Waals surface area contributed by atoms with E-state index in [-0.39, 0.29) is 5.82 Å². The monoisotopic (exact) mass is 396 g/mol. The first-order chi connectivity index (χ1) is 13.5. The topological polar surface area (TPSA) is 68.3 Å². The van der Waals surface area contributed by atoms with Crippen molar-refractivity contribution in [3.05, 3.63) is 77.4 Å². The Morgan fingerprint density at radius 2 is 1.86 bits per heavy atom. The molecule has 3 rings (SSSR count). The van der Waals surface area contributed by atoms with Crippen molar-refractivity contribution in [2.75, 3.05) is 5.32 Å². The molecule has 1 N–H and O–H groups in total. The number of esters is 1. The van der Waals surface area contributed by atoms with Crippen LogP contribution in [0, 0.1) is 5.82 Å². The van der Waals surface area contributed by atoms with Gasteiger partial charge in [0.15, 0.2) is 11.2 Å². The highest BCUT2D eigenvalue weighted by Gasteiger charge is 2.18. The Morgan fingerprint density at radius 3 is 2.57 bits per heavy atom. The summed E-state index contributed by atoms with van der Waals surface area (Å²) in [7, 11) is 0. The summed E-state index contributed by atoms with van der Waals surface area (Å²) in [5.41, 5.74) is 2.35. The maximum absolute atomic E-state index is 12.9. The Balaban J connectivity index is 1.53. The van der Waals surface area contributed by atoms with Crippen LogP contribution in [0.1, 0.15) is 12.5 Å². The molecular formula is C21H17FN2O3S. The molecule has 7 heteroatoms. The second-order valence-electron chi connectivity index (χ2n) is 5.86. The molecule has 1 atom stereocenters. The van der Waals surface area contributed by atoms with Gasteiger partial charge in [-0.3, -0.25) is 10.1 Å². The SMILES string of the molecule is C[C@@H](OC(=O)/C=C/c1ccc(F)cc1)C(=O)Nc1nc(-c2ccccc2)cs1. The molecule has 0 radical (unpaired) electrons. The Labute approximate surface area is 165 Å². The minimum absolute atomic E-state index is 0.359. The number of carbonyl (C=O) groups is 2. The van der Waals surface area contributed by atoms with Gasteiger partial charge in [-0.2, -0.15) is 0 Å². The molecule has 0 saturated carbocycles. The molecule has 1 aromatic heterocycles. The Bertz CT molecular complexity index is 984. The summed E-state index contributed by atoms with van der Waals surface area (Å²) in [6, 6.07) is 15.2. The van der Waals surface area contributed by atoms with E-state index in [4.69, 9.17) is 4.74 Å². The third-order valence-electron chi connectivity index (χ3n) is 3.75. The lowest BCUT2D eigenvalue weighted by molar-refractivity contribution is -0.148. The minimum atomic E-state index is -0.991. The van der Waals surface area contributed by atoms with E-state index in [0.717, 1.165) is 11.3 Å². The third-order valence-corrected chi connectivity index (χ3v) is 4.51. The number of nitrogens with one attached hydrogen (secondary N) is 1. The largest absolute Gasteiger partial charge is 0.449 e.